The van der Waals surface area contributed by atoms with E-state index in [-0.39, 0.29) is 39.8 Å². The number of ether oxygens (including phenoxy) is 2. The van der Waals surface area contributed by atoms with Crippen LogP contribution >= 0.6 is 34.8 Å². The third-order valence-electron chi connectivity index (χ3n) is 5.19. The summed E-state index contributed by atoms with van der Waals surface area (Å²) in [7, 11) is 1.27. The standard InChI is InChI=1S/C23H13Cl3N2O7/c1-34-19-9-18(27-21(29)13-3-2-4-17(28(32)33)20(13)22(27)30)16(26)8-14(19)23(31)35-10-11-5-6-12(24)7-15(11)25/h2-9H,10H2,1H3. The molecule has 0 fully saturated rings. The van der Waals surface area contributed by atoms with E-state index in [1.807, 2.05) is 0 Å². The number of carbonyl (C=O) groups is 3. The number of hydrogen-bond donors (Lipinski definition) is 0. The SMILES string of the molecule is COc1cc(N2C(=O)c3cccc([N+](=O)[O-])c3C2=O)c(Cl)cc1C(=O)OCc1ccc(Cl)cc1Cl. The third-order valence-corrected chi connectivity index (χ3v) is 6.08. The van der Waals surface area contributed by atoms with Gasteiger partial charge in [0.1, 0.15) is 23.5 Å². The molecular formula is C23H13Cl3N2O7. The maximum absolute atomic E-state index is 13.0. The fourth-order valence-electron chi connectivity index (χ4n) is 3.54. The van der Waals surface area contributed by atoms with Crippen LogP contribution in [0.15, 0.2) is 48.5 Å². The number of fused-ring (bicyclic) bond motifs is 1. The molecule has 0 radical (unpaired) electrons. The average molecular weight is 536 g/mol. The van der Waals surface area contributed by atoms with Crippen molar-refractivity contribution < 1.29 is 28.8 Å². The lowest BCUT2D eigenvalue weighted by Crippen LogP contribution is -2.30. The monoisotopic (exact) mass is 534 g/mol. The molecule has 3 aromatic carbocycles. The Morgan fingerprint density at radius 2 is 1.77 bits per heavy atom. The molecule has 0 bridgehead atoms. The second-order valence-corrected chi connectivity index (χ2v) is 8.47. The molecule has 0 saturated heterocycles. The predicted molar refractivity (Wildman–Crippen MR) is 128 cm³/mol. The summed E-state index contributed by atoms with van der Waals surface area (Å²) in [4.78, 5) is 50.0. The van der Waals surface area contributed by atoms with Gasteiger partial charge in [-0.3, -0.25) is 19.7 Å². The topological polar surface area (TPSA) is 116 Å². The van der Waals surface area contributed by atoms with Gasteiger partial charge in [-0.2, -0.15) is 0 Å². The lowest BCUT2D eigenvalue weighted by molar-refractivity contribution is -0.385. The van der Waals surface area contributed by atoms with Crippen LogP contribution in [0.1, 0.15) is 36.6 Å². The summed E-state index contributed by atoms with van der Waals surface area (Å²) < 4.78 is 10.6. The van der Waals surface area contributed by atoms with Gasteiger partial charge in [0.05, 0.1) is 28.3 Å². The highest BCUT2D eigenvalue weighted by Gasteiger charge is 2.43. The molecule has 3 aromatic rings. The van der Waals surface area contributed by atoms with Crippen LogP contribution in [0.4, 0.5) is 11.4 Å². The van der Waals surface area contributed by atoms with Crippen molar-refractivity contribution in [2.75, 3.05) is 12.0 Å². The van der Waals surface area contributed by atoms with Gasteiger partial charge in [0.15, 0.2) is 0 Å². The summed E-state index contributed by atoms with van der Waals surface area (Å²) in [5.74, 6) is -2.57. The van der Waals surface area contributed by atoms with Gasteiger partial charge in [-0.1, -0.05) is 46.9 Å². The van der Waals surface area contributed by atoms with Gasteiger partial charge >= 0.3 is 5.97 Å². The largest absolute Gasteiger partial charge is 0.496 e. The number of nitrogens with zero attached hydrogens (tertiary/aromatic N) is 2. The molecule has 2 amide bonds. The molecule has 4 rings (SSSR count). The second-order valence-electron chi connectivity index (χ2n) is 7.22. The van der Waals surface area contributed by atoms with E-state index < -0.39 is 28.4 Å². The molecule has 35 heavy (non-hydrogen) atoms. The second kappa shape index (κ2) is 9.53. The first-order valence-electron chi connectivity index (χ1n) is 9.78. The van der Waals surface area contributed by atoms with Crippen molar-refractivity contribution in [1.29, 1.82) is 0 Å². The number of methoxy groups -OCH3 is 1. The fourth-order valence-corrected chi connectivity index (χ4v) is 4.25. The molecule has 0 atom stereocenters. The summed E-state index contributed by atoms with van der Waals surface area (Å²) in [5, 5.41) is 11.9. The molecule has 0 N–H and O–H groups in total. The summed E-state index contributed by atoms with van der Waals surface area (Å²) in [6, 6.07) is 10.8. The van der Waals surface area contributed by atoms with Crippen molar-refractivity contribution in [3.05, 3.63) is 96.0 Å². The first kappa shape index (κ1) is 24.5. The van der Waals surface area contributed by atoms with E-state index in [2.05, 4.69) is 0 Å². The minimum absolute atomic E-state index is 0.0392. The molecule has 0 aliphatic carbocycles. The van der Waals surface area contributed by atoms with Crippen molar-refractivity contribution in [3.63, 3.8) is 0 Å². The van der Waals surface area contributed by atoms with E-state index in [9.17, 15) is 24.5 Å². The van der Waals surface area contributed by atoms with Crippen molar-refractivity contribution >= 4 is 64.0 Å². The maximum Gasteiger partial charge on any atom is 0.342 e. The molecule has 0 unspecified atom stereocenters. The van der Waals surface area contributed by atoms with Crippen LogP contribution in [0, 0.1) is 10.1 Å². The third kappa shape index (κ3) is 4.41. The van der Waals surface area contributed by atoms with Gasteiger partial charge in [0.2, 0.25) is 0 Å². The van der Waals surface area contributed by atoms with Crippen LogP contribution in [0.2, 0.25) is 15.1 Å². The van der Waals surface area contributed by atoms with E-state index in [0.29, 0.717) is 20.5 Å². The number of hydrogen-bond acceptors (Lipinski definition) is 7. The first-order chi connectivity index (χ1) is 16.6. The number of imide groups is 1. The van der Waals surface area contributed by atoms with Crippen molar-refractivity contribution in [1.82, 2.24) is 0 Å². The summed E-state index contributed by atoms with van der Waals surface area (Å²) in [5.41, 5.74) is -0.662. The Hall–Kier alpha value is -3.66. The normalized spacial score (nSPS) is 12.5. The Balaban J connectivity index is 1.66. The molecule has 9 nitrogen and oxygen atoms in total. The number of rotatable bonds is 6. The number of nitro groups is 1. The number of nitro benzene ring substituents is 1. The number of amides is 2. The van der Waals surface area contributed by atoms with Crippen LogP contribution in [-0.2, 0) is 11.3 Å². The van der Waals surface area contributed by atoms with Crippen molar-refractivity contribution in [2.45, 2.75) is 6.61 Å². The molecule has 0 aromatic heterocycles. The van der Waals surface area contributed by atoms with Crippen molar-refractivity contribution in [3.8, 4) is 5.75 Å². The average Bonchev–Trinajstić information content (AvgIpc) is 3.08. The Morgan fingerprint density at radius 3 is 2.43 bits per heavy atom. The molecule has 1 aliphatic heterocycles. The van der Waals surface area contributed by atoms with Gasteiger partial charge in [0.25, 0.3) is 17.5 Å². The minimum atomic E-state index is -0.922. The number of carbonyl (C=O) groups excluding carboxylic acids is 3. The minimum Gasteiger partial charge on any atom is -0.496 e. The zero-order chi connectivity index (χ0) is 25.4. The molecule has 0 spiro atoms. The highest BCUT2D eigenvalue weighted by molar-refractivity contribution is 6.40. The van der Waals surface area contributed by atoms with Crippen LogP contribution in [0.3, 0.4) is 0 Å². The van der Waals surface area contributed by atoms with E-state index in [4.69, 9.17) is 44.3 Å². The van der Waals surface area contributed by atoms with Gasteiger partial charge in [-0.25, -0.2) is 9.69 Å². The Bertz CT molecular complexity index is 1420. The Morgan fingerprint density at radius 1 is 1.03 bits per heavy atom. The number of anilines is 1. The lowest BCUT2D eigenvalue weighted by Gasteiger charge is -2.18. The van der Waals surface area contributed by atoms with Gasteiger partial charge < -0.3 is 9.47 Å². The fraction of sp³-hybridized carbons (Fsp3) is 0.0870. The Kier molecular flexibility index (Phi) is 6.66. The van der Waals surface area contributed by atoms with E-state index in [1.54, 1.807) is 12.1 Å². The number of esters is 1. The van der Waals surface area contributed by atoms with Crippen molar-refractivity contribution in [2.24, 2.45) is 0 Å². The maximum atomic E-state index is 13.0. The molecule has 0 saturated carbocycles. The quantitative estimate of drug-likeness (QED) is 0.171. The van der Waals surface area contributed by atoms with Crippen LogP contribution in [-0.4, -0.2) is 29.8 Å². The van der Waals surface area contributed by atoms with E-state index in [1.165, 1.54) is 37.4 Å². The zero-order valence-electron chi connectivity index (χ0n) is 17.7. The lowest BCUT2D eigenvalue weighted by atomic mass is 10.1. The molecule has 1 aliphatic rings. The number of halogens is 3. The highest BCUT2D eigenvalue weighted by Crippen LogP contribution is 2.40. The molecule has 1 heterocycles. The molecular weight excluding hydrogens is 523 g/mol. The van der Waals surface area contributed by atoms with Crippen LogP contribution in [0.5, 0.6) is 5.75 Å². The molecule has 178 valence electrons. The Labute approximate surface area is 212 Å². The number of benzene rings is 3. The first-order valence-corrected chi connectivity index (χ1v) is 10.9. The highest BCUT2D eigenvalue weighted by atomic mass is 35.5. The van der Waals surface area contributed by atoms with Gasteiger partial charge in [0, 0.05) is 27.7 Å². The predicted octanol–water partition coefficient (Wildman–Crippen LogP) is 5.72. The van der Waals surface area contributed by atoms with Crippen LogP contribution in [0.25, 0.3) is 0 Å². The van der Waals surface area contributed by atoms with E-state index >= 15 is 0 Å². The van der Waals surface area contributed by atoms with Gasteiger partial charge in [-0.05, 0) is 24.3 Å². The zero-order valence-corrected chi connectivity index (χ0v) is 20.0. The summed E-state index contributed by atoms with van der Waals surface area (Å²) in [6.45, 7) is -0.167. The molecule has 12 heteroatoms. The van der Waals surface area contributed by atoms with Gasteiger partial charge in [-0.15, -0.1) is 0 Å². The summed E-state index contributed by atoms with van der Waals surface area (Å²) >= 11 is 18.3. The smallest absolute Gasteiger partial charge is 0.342 e. The van der Waals surface area contributed by atoms with Crippen LogP contribution < -0.4 is 9.64 Å². The van der Waals surface area contributed by atoms with E-state index in [0.717, 1.165) is 6.07 Å². The summed E-state index contributed by atoms with van der Waals surface area (Å²) in [6.07, 6.45) is 0.